The Morgan fingerprint density at radius 3 is 2.20 bits per heavy atom. The van der Waals surface area contributed by atoms with Crippen molar-refractivity contribution in [3.63, 3.8) is 0 Å². The van der Waals surface area contributed by atoms with Crippen molar-refractivity contribution in [2.24, 2.45) is 28.8 Å². The summed E-state index contributed by atoms with van der Waals surface area (Å²) in [7, 11) is 3.23. The van der Waals surface area contributed by atoms with E-state index in [0.29, 0.717) is 12.1 Å². The van der Waals surface area contributed by atoms with Crippen molar-refractivity contribution < 1.29 is 63.6 Å². The molecule has 0 bridgehead atoms. The van der Waals surface area contributed by atoms with Crippen LogP contribution in [0, 0.1) is 23.7 Å². The van der Waals surface area contributed by atoms with Crippen LogP contribution < -0.4 is 5.32 Å². The van der Waals surface area contributed by atoms with E-state index in [4.69, 9.17) is 33.3 Å². The van der Waals surface area contributed by atoms with Crippen LogP contribution in [0.4, 0.5) is 0 Å². The first kappa shape index (κ1) is 46.6. The standard InChI is InChI=1S/C39H70N2O13/c1-14-16-49-41-29-20(3)18-37(9,46)34(54-36-30(42)26(40-12)17-21(4)50-36)23(6)31(53-28-19-38(10,48-13)33(44)25(8)51-28)24(7)35(45)52-27(15-2)39(11,47)32(43)22(29)5/h14,20-28,30-34,36,40,42-44,46-47H,1,15-19H2,2-13H3/b41-29+/t20-,21-,22+,23+,24-,25+,26+,27?,28+,30-,31?,32-,33+,34-,36+,37-,38-,39-/m1/s1. The molecule has 15 heteroatoms. The van der Waals surface area contributed by atoms with E-state index in [1.54, 1.807) is 55.5 Å². The normalized spacial score (nSPS) is 48.1. The highest BCUT2D eigenvalue weighted by Gasteiger charge is 2.53. The van der Waals surface area contributed by atoms with Crippen molar-refractivity contribution in [3.8, 4) is 0 Å². The Morgan fingerprint density at radius 1 is 0.981 bits per heavy atom. The zero-order valence-electron chi connectivity index (χ0n) is 34.4. The number of nitrogens with zero attached hydrogens (tertiary/aromatic N) is 1. The lowest BCUT2D eigenvalue weighted by Gasteiger charge is -2.49. The summed E-state index contributed by atoms with van der Waals surface area (Å²) >= 11 is 0. The lowest BCUT2D eigenvalue weighted by Crippen LogP contribution is -2.61. The number of nitrogens with one attached hydrogen (secondary N) is 1. The molecule has 3 saturated heterocycles. The molecule has 3 aliphatic rings. The van der Waals surface area contributed by atoms with Gasteiger partial charge in [0.25, 0.3) is 0 Å². The molecule has 0 radical (unpaired) electrons. The predicted molar refractivity (Wildman–Crippen MR) is 200 cm³/mol. The minimum Gasteiger partial charge on any atom is -0.459 e. The van der Waals surface area contributed by atoms with Crippen molar-refractivity contribution in [1.82, 2.24) is 5.32 Å². The van der Waals surface area contributed by atoms with Gasteiger partial charge in [0.1, 0.15) is 30.5 Å². The monoisotopic (exact) mass is 774 g/mol. The second-order valence-corrected chi connectivity index (χ2v) is 16.5. The number of oxime groups is 1. The third kappa shape index (κ3) is 10.4. The van der Waals surface area contributed by atoms with E-state index in [2.05, 4.69) is 17.1 Å². The second kappa shape index (κ2) is 19.1. The number of cyclic esters (lactones) is 1. The molecular weight excluding hydrogens is 704 g/mol. The number of rotatable bonds is 10. The molecule has 3 fully saturated rings. The van der Waals surface area contributed by atoms with Crippen LogP contribution in [0.3, 0.4) is 0 Å². The molecule has 0 aromatic carbocycles. The van der Waals surface area contributed by atoms with Gasteiger partial charge in [-0.15, -0.1) is 0 Å². The summed E-state index contributed by atoms with van der Waals surface area (Å²) in [5, 5.41) is 66.0. The number of carbonyl (C=O) groups is 1. The summed E-state index contributed by atoms with van der Waals surface area (Å²) in [5.41, 5.74) is -4.37. The lowest BCUT2D eigenvalue weighted by atomic mass is 9.73. The molecule has 6 N–H and O–H groups in total. The number of aliphatic hydroxyl groups excluding tert-OH is 3. The predicted octanol–water partition coefficient (Wildman–Crippen LogP) is 2.43. The van der Waals surface area contributed by atoms with Gasteiger partial charge in [-0.1, -0.05) is 45.5 Å². The van der Waals surface area contributed by atoms with E-state index < -0.39 is 102 Å². The highest BCUT2D eigenvalue weighted by molar-refractivity contribution is 5.88. The molecule has 2 unspecified atom stereocenters. The highest BCUT2D eigenvalue weighted by atomic mass is 16.7. The fourth-order valence-electron chi connectivity index (χ4n) is 8.56. The van der Waals surface area contributed by atoms with Gasteiger partial charge in [-0.3, -0.25) is 4.79 Å². The number of hydrogen-bond donors (Lipinski definition) is 6. The van der Waals surface area contributed by atoms with E-state index in [-0.39, 0.29) is 38.0 Å². The van der Waals surface area contributed by atoms with Gasteiger partial charge in [-0.05, 0) is 67.9 Å². The summed E-state index contributed by atoms with van der Waals surface area (Å²) in [4.78, 5) is 19.7. The maximum atomic E-state index is 14.2. The Morgan fingerprint density at radius 2 is 1.63 bits per heavy atom. The molecule has 15 nitrogen and oxygen atoms in total. The van der Waals surface area contributed by atoms with Crippen LogP contribution in [0.5, 0.6) is 0 Å². The fourth-order valence-corrected chi connectivity index (χ4v) is 8.56. The molecule has 3 rings (SSSR count). The van der Waals surface area contributed by atoms with Crippen LogP contribution >= 0.6 is 0 Å². The van der Waals surface area contributed by atoms with Crippen molar-refractivity contribution >= 4 is 11.7 Å². The highest BCUT2D eigenvalue weighted by Crippen LogP contribution is 2.40. The third-order valence-corrected chi connectivity index (χ3v) is 12.0. The second-order valence-electron chi connectivity index (χ2n) is 16.5. The fraction of sp³-hybridized carbons (Fsp3) is 0.897. The molecule has 0 aromatic rings. The van der Waals surface area contributed by atoms with Crippen LogP contribution in [-0.4, -0.2) is 142 Å². The first-order valence-electron chi connectivity index (χ1n) is 19.4. The Hall–Kier alpha value is -1.76. The van der Waals surface area contributed by atoms with Crippen molar-refractivity contribution in [1.29, 1.82) is 0 Å². The molecule has 0 aliphatic carbocycles. The number of methoxy groups -OCH3 is 1. The number of aliphatic hydroxyl groups is 5. The van der Waals surface area contributed by atoms with Gasteiger partial charge in [0, 0.05) is 37.3 Å². The molecule has 18 atom stereocenters. The van der Waals surface area contributed by atoms with Crippen LogP contribution in [-0.2, 0) is 38.1 Å². The minimum absolute atomic E-state index is 0.00102. The number of ether oxygens (including phenoxy) is 6. The molecule has 0 amide bonds. The van der Waals surface area contributed by atoms with E-state index >= 15 is 0 Å². The van der Waals surface area contributed by atoms with Crippen LogP contribution in [0.1, 0.15) is 94.9 Å². The molecule has 0 aromatic heterocycles. The molecule has 54 heavy (non-hydrogen) atoms. The lowest BCUT2D eigenvalue weighted by molar-refractivity contribution is -0.315. The summed E-state index contributed by atoms with van der Waals surface area (Å²) in [5.74, 6) is -4.00. The van der Waals surface area contributed by atoms with E-state index in [1.807, 2.05) is 13.8 Å². The van der Waals surface area contributed by atoms with Gasteiger partial charge in [0.2, 0.25) is 0 Å². The molecule has 0 spiro atoms. The van der Waals surface area contributed by atoms with E-state index in [9.17, 15) is 30.3 Å². The summed E-state index contributed by atoms with van der Waals surface area (Å²) in [6.45, 7) is 20.7. The Kier molecular flexibility index (Phi) is 16.5. The van der Waals surface area contributed by atoms with Crippen molar-refractivity contribution in [3.05, 3.63) is 12.7 Å². The third-order valence-electron chi connectivity index (χ3n) is 12.0. The van der Waals surface area contributed by atoms with Crippen molar-refractivity contribution in [2.75, 3.05) is 20.8 Å². The summed E-state index contributed by atoms with van der Waals surface area (Å²) < 4.78 is 37.4. The van der Waals surface area contributed by atoms with E-state index in [0.717, 1.165) is 0 Å². The van der Waals surface area contributed by atoms with Gasteiger partial charge in [-0.2, -0.15) is 0 Å². The Labute approximate surface area is 321 Å². The first-order valence-corrected chi connectivity index (χ1v) is 19.4. The van der Waals surface area contributed by atoms with Gasteiger partial charge in [-0.25, -0.2) is 0 Å². The van der Waals surface area contributed by atoms with Crippen LogP contribution in [0.25, 0.3) is 0 Å². The van der Waals surface area contributed by atoms with Crippen molar-refractivity contribution in [2.45, 2.75) is 179 Å². The molecule has 314 valence electrons. The molecule has 0 saturated carbocycles. The van der Waals surface area contributed by atoms with Gasteiger partial charge < -0.3 is 64.1 Å². The average Bonchev–Trinajstić information content (AvgIpc) is 3.11. The number of esters is 1. The van der Waals surface area contributed by atoms with Gasteiger partial charge >= 0.3 is 5.97 Å². The van der Waals surface area contributed by atoms with E-state index in [1.165, 1.54) is 20.1 Å². The quantitative estimate of drug-likeness (QED) is 0.0817. The Balaban J connectivity index is 2.24. The number of carbonyl (C=O) groups excluding carboxylic acids is 1. The zero-order chi connectivity index (χ0) is 40.9. The number of hydrogen-bond acceptors (Lipinski definition) is 15. The smallest absolute Gasteiger partial charge is 0.311 e. The van der Waals surface area contributed by atoms with Crippen LogP contribution in [0.15, 0.2) is 17.8 Å². The Bertz CT molecular complexity index is 1250. The minimum atomic E-state index is -1.93. The molecule has 3 aliphatic heterocycles. The summed E-state index contributed by atoms with van der Waals surface area (Å²) in [6.07, 6.45) is -7.78. The summed E-state index contributed by atoms with van der Waals surface area (Å²) in [6, 6.07) is -0.366. The van der Waals surface area contributed by atoms with Crippen LogP contribution in [0.2, 0.25) is 0 Å². The zero-order valence-corrected chi connectivity index (χ0v) is 34.4. The molecular formula is C39H70N2O13. The topological polar surface area (TPSA) is 207 Å². The number of likely N-dealkylation sites (N-methyl/N-ethyl adjacent to an activating group) is 1. The maximum Gasteiger partial charge on any atom is 0.311 e. The largest absolute Gasteiger partial charge is 0.459 e. The molecule has 3 heterocycles. The van der Waals surface area contributed by atoms with Gasteiger partial charge in [0.05, 0.1) is 53.4 Å². The van der Waals surface area contributed by atoms with Gasteiger partial charge in [0.15, 0.2) is 12.6 Å². The first-order chi connectivity index (χ1) is 25.1. The SMILES string of the molecule is C=CCO/N=C1\[C@H](C)C[C@@](C)(O)[C@H](O[C@@H]2O[C@H](C)C[C@H](NC)[C@H]2O)[C@@H](C)C(O[C@H]2C[C@@](C)(OC)[C@@H](O)[C@H](C)O2)[C@@H](C)C(=O)OC(CC)[C@@](C)(O)[C@H](O)[C@H]1C. The maximum absolute atomic E-state index is 14.2. The average molecular weight is 775 g/mol.